The topological polar surface area (TPSA) is 185 Å². The van der Waals surface area contributed by atoms with Gasteiger partial charge in [-0.2, -0.15) is 0 Å². The molecule has 0 spiro atoms. The Kier molecular flexibility index (Phi) is 6.56. The van der Waals surface area contributed by atoms with Gasteiger partial charge < -0.3 is 20.3 Å². The number of nitrogens with two attached hydrogens (primary N) is 1. The summed E-state index contributed by atoms with van der Waals surface area (Å²) in [5.74, 6) is -1.05. The van der Waals surface area contributed by atoms with Gasteiger partial charge in [0.1, 0.15) is 24.4 Å². The Morgan fingerprint density at radius 3 is 2.86 bits per heavy atom. The summed E-state index contributed by atoms with van der Waals surface area (Å²) in [6.45, 7) is 2.14. The summed E-state index contributed by atoms with van der Waals surface area (Å²) in [7, 11) is 0. The van der Waals surface area contributed by atoms with Gasteiger partial charge in [0.2, 0.25) is 0 Å². The summed E-state index contributed by atoms with van der Waals surface area (Å²) in [4.78, 5) is 39.6. The number of carbonyl (C=O) groups is 1. The number of aromatic nitrogens is 2. The molecule has 2 heterocycles. The quantitative estimate of drug-likeness (QED) is 0.234. The fraction of sp³-hybridized carbons (Fsp3) is 0.667. The minimum atomic E-state index is -2.14. The molecule has 2 unspecified atom stereocenters. The summed E-state index contributed by atoms with van der Waals surface area (Å²) in [5.41, 5.74) is 10.7. The van der Waals surface area contributed by atoms with Gasteiger partial charge in [-0.1, -0.05) is 19.0 Å². The molecule has 4 N–H and O–H groups in total. The molecule has 0 saturated carbocycles. The van der Waals surface area contributed by atoms with Crippen LogP contribution in [0.2, 0.25) is 0 Å². The second-order valence-electron chi connectivity index (χ2n) is 6.75. The third-order valence-corrected chi connectivity index (χ3v) is 4.44. The molecule has 0 amide bonds. The van der Waals surface area contributed by atoms with E-state index in [4.69, 9.17) is 20.7 Å². The largest absolute Gasteiger partial charge is 0.461 e. The van der Waals surface area contributed by atoms with Crippen molar-refractivity contribution in [3.63, 3.8) is 0 Å². The predicted molar refractivity (Wildman–Crippen MR) is 92.9 cm³/mol. The van der Waals surface area contributed by atoms with Gasteiger partial charge in [0.25, 0.3) is 5.56 Å². The van der Waals surface area contributed by atoms with Gasteiger partial charge in [0, 0.05) is 17.2 Å². The molecule has 1 aromatic rings. The van der Waals surface area contributed by atoms with Crippen molar-refractivity contribution in [3.05, 3.63) is 43.5 Å². The van der Waals surface area contributed by atoms with Crippen molar-refractivity contribution in [2.24, 2.45) is 16.8 Å². The molecule has 5 atom stereocenters. The minimum Gasteiger partial charge on any atom is -0.461 e. The number of ether oxygens (including phenoxy) is 2. The van der Waals surface area contributed by atoms with Crippen LogP contribution >= 0.6 is 0 Å². The first-order chi connectivity index (χ1) is 13.1. The predicted octanol–water partition coefficient (Wildman–Crippen LogP) is -0.660. The lowest BCUT2D eigenvalue weighted by Gasteiger charge is -2.30. The third kappa shape index (κ3) is 4.22. The smallest absolute Gasteiger partial charge is 0.330 e. The number of hydrogen-bond acceptors (Lipinski definition) is 8. The molecule has 28 heavy (non-hydrogen) atoms. The first-order valence-electron chi connectivity index (χ1n) is 8.37. The number of rotatable bonds is 7. The van der Waals surface area contributed by atoms with Gasteiger partial charge in [0.15, 0.2) is 12.4 Å². The number of esters is 1. The Bertz CT molecular complexity index is 880. The molecule has 1 aromatic heterocycles. The van der Waals surface area contributed by atoms with E-state index in [1.165, 1.54) is 0 Å². The van der Waals surface area contributed by atoms with Crippen LogP contribution in [0.1, 0.15) is 20.1 Å². The summed E-state index contributed by atoms with van der Waals surface area (Å²) < 4.78 is 26.0. The van der Waals surface area contributed by atoms with Crippen LogP contribution in [0, 0.1) is 5.92 Å². The number of nitrogens with one attached hydrogen (secondary N) is 1. The number of aromatic amines is 1. The monoisotopic (exact) mass is 400 g/mol. The van der Waals surface area contributed by atoms with Crippen molar-refractivity contribution in [1.29, 1.82) is 0 Å². The van der Waals surface area contributed by atoms with E-state index in [9.17, 15) is 23.9 Å². The molecule has 1 aliphatic heterocycles. The van der Waals surface area contributed by atoms with Crippen molar-refractivity contribution in [2.45, 2.75) is 44.0 Å². The zero-order chi connectivity index (χ0) is 21.1. The van der Waals surface area contributed by atoms with Crippen LogP contribution in [0.5, 0.6) is 0 Å². The van der Waals surface area contributed by atoms with E-state index in [0.29, 0.717) is 0 Å². The van der Waals surface area contributed by atoms with E-state index in [0.717, 1.165) is 16.8 Å². The molecule has 154 valence electrons. The number of H-pyrrole nitrogens is 1. The summed E-state index contributed by atoms with van der Waals surface area (Å²) in [6, 6.07) is 0.00718. The Balaban J connectivity index is 2.32. The number of aliphatic hydroxyl groups excluding tert-OH is 1. The van der Waals surface area contributed by atoms with Crippen LogP contribution in [-0.4, -0.2) is 57.7 Å². The molecule has 0 bridgehead atoms. The van der Waals surface area contributed by atoms with Gasteiger partial charge in [-0.05, 0) is 11.4 Å². The van der Waals surface area contributed by atoms with Gasteiger partial charge >= 0.3 is 11.7 Å². The average molecular weight is 400 g/mol. The molecule has 2 rings (SSSR count). The van der Waals surface area contributed by atoms with E-state index in [2.05, 4.69) is 10.0 Å². The maximum absolute atomic E-state index is 14.8. The standard InChI is InChI=1S/C15H21FN6O6/c1-7(2)10(17)13(25)27-6-15(5-19-21-18)11(24)9(16)12(28-15)22-4-3-8(23)20-14(22)26/h3-4,7,9-12,24H,5-6,17H2,1-2H3,(H,20,23,26)/t9-,10?,11+,12?,15-/m1/s1. The van der Waals surface area contributed by atoms with Crippen molar-refractivity contribution in [1.82, 2.24) is 9.55 Å². The van der Waals surface area contributed by atoms with Crippen LogP contribution < -0.4 is 17.0 Å². The van der Waals surface area contributed by atoms with E-state index >= 15 is 0 Å². The Morgan fingerprint density at radius 1 is 1.61 bits per heavy atom. The summed E-state index contributed by atoms with van der Waals surface area (Å²) in [6.07, 6.45) is -4.69. The molecular formula is C15H21FN6O6. The SMILES string of the molecule is CC(C)C(N)C(=O)OC[C@@]1(CN=[N+]=[N-])OC(n2ccc(=O)[nH]c2=O)[C@H](F)[C@@H]1O. The second kappa shape index (κ2) is 8.52. The molecule has 0 aliphatic carbocycles. The molecule has 0 aromatic carbocycles. The summed E-state index contributed by atoms with van der Waals surface area (Å²) >= 11 is 0. The number of halogens is 1. The normalized spacial score (nSPS) is 28.0. The Morgan fingerprint density at radius 2 is 2.29 bits per heavy atom. The van der Waals surface area contributed by atoms with Crippen LogP contribution in [0.25, 0.3) is 10.4 Å². The number of azide groups is 1. The molecule has 1 aliphatic rings. The van der Waals surface area contributed by atoms with Crippen LogP contribution in [0.4, 0.5) is 4.39 Å². The van der Waals surface area contributed by atoms with E-state index < -0.39 is 60.5 Å². The second-order valence-corrected chi connectivity index (χ2v) is 6.75. The fourth-order valence-corrected chi connectivity index (χ4v) is 2.67. The molecule has 1 saturated heterocycles. The zero-order valence-electron chi connectivity index (χ0n) is 15.2. The Hall–Kier alpha value is -2.73. The van der Waals surface area contributed by atoms with Crippen molar-refractivity contribution < 1.29 is 23.8 Å². The van der Waals surface area contributed by atoms with Gasteiger partial charge in [0.05, 0.1) is 6.54 Å². The molecule has 1 fully saturated rings. The number of hydrogen-bond donors (Lipinski definition) is 3. The maximum atomic E-state index is 14.8. The zero-order valence-corrected chi connectivity index (χ0v) is 15.2. The number of alkyl halides is 1. The van der Waals surface area contributed by atoms with Gasteiger partial charge in [-0.3, -0.25) is 19.1 Å². The highest BCUT2D eigenvalue weighted by Crippen LogP contribution is 2.39. The lowest BCUT2D eigenvalue weighted by molar-refractivity contribution is -0.166. The number of nitrogens with zero attached hydrogens (tertiary/aromatic N) is 4. The molecule has 0 radical (unpaired) electrons. The van der Waals surface area contributed by atoms with Crippen molar-refractivity contribution >= 4 is 5.97 Å². The van der Waals surface area contributed by atoms with Crippen LogP contribution in [0.15, 0.2) is 27.0 Å². The van der Waals surface area contributed by atoms with Gasteiger partial charge in [-0.25, -0.2) is 9.18 Å². The first-order valence-corrected chi connectivity index (χ1v) is 8.37. The van der Waals surface area contributed by atoms with Gasteiger partial charge in [-0.15, -0.1) is 0 Å². The Labute approximate surface area is 157 Å². The van der Waals surface area contributed by atoms with Crippen LogP contribution in [0.3, 0.4) is 0 Å². The summed E-state index contributed by atoms with van der Waals surface area (Å²) in [5, 5.41) is 13.7. The van der Waals surface area contributed by atoms with Crippen molar-refractivity contribution in [3.8, 4) is 0 Å². The van der Waals surface area contributed by atoms with Crippen molar-refractivity contribution in [2.75, 3.05) is 13.2 Å². The minimum absolute atomic E-state index is 0.239. The first kappa shape index (κ1) is 21.6. The highest BCUT2D eigenvalue weighted by atomic mass is 19.1. The van der Waals surface area contributed by atoms with Crippen LogP contribution in [-0.2, 0) is 14.3 Å². The number of aliphatic hydroxyl groups is 1. The highest BCUT2D eigenvalue weighted by molar-refractivity contribution is 5.75. The molecule has 13 heteroatoms. The third-order valence-electron chi connectivity index (χ3n) is 4.44. The average Bonchev–Trinajstić information content (AvgIpc) is 2.89. The highest BCUT2D eigenvalue weighted by Gasteiger charge is 2.56. The van der Waals surface area contributed by atoms with E-state index in [-0.39, 0.29) is 5.92 Å². The number of carbonyl (C=O) groups excluding carboxylic acids is 1. The van der Waals surface area contributed by atoms with E-state index in [1.807, 2.05) is 4.98 Å². The maximum Gasteiger partial charge on any atom is 0.330 e. The lowest BCUT2D eigenvalue weighted by atomic mass is 9.96. The lowest BCUT2D eigenvalue weighted by Crippen LogP contribution is -2.50. The molecular weight excluding hydrogens is 379 g/mol. The van der Waals surface area contributed by atoms with E-state index in [1.54, 1.807) is 13.8 Å². The fourth-order valence-electron chi connectivity index (χ4n) is 2.67. The molecule has 12 nitrogen and oxygen atoms in total.